The topological polar surface area (TPSA) is 45.6 Å². The first-order valence-corrected chi connectivity index (χ1v) is 11.5. The Kier molecular flexibility index (Phi) is 7.82. The maximum atomic E-state index is 13.4. The highest BCUT2D eigenvalue weighted by Gasteiger charge is 2.23. The van der Waals surface area contributed by atoms with Gasteiger partial charge in [-0.3, -0.25) is 9.59 Å². The second-order valence-electron chi connectivity index (χ2n) is 8.20. The van der Waals surface area contributed by atoms with Gasteiger partial charge < -0.3 is 14.4 Å². The predicted octanol–water partition coefficient (Wildman–Crippen LogP) is 3.84. The molecule has 1 aromatic carbocycles. The fraction of sp³-hybridized carbons (Fsp3) is 0.360. The van der Waals surface area contributed by atoms with Crippen LogP contribution in [-0.4, -0.2) is 48.0 Å². The molecule has 5 nitrogen and oxygen atoms in total. The van der Waals surface area contributed by atoms with Crippen molar-refractivity contribution < 1.29 is 4.79 Å². The van der Waals surface area contributed by atoms with Crippen molar-refractivity contribution in [1.82, 2.24) is 14.4 Å². The van der Waals surface area contributed by atoms with E-state index < -0.39 is 0 Å². The Morgan fingerprint density at radius 2 is 1.77 bits per heavy atom. The molecule has 0 unspecified atom stereocenters. The number of carbonyl (C=O) groups is 1. The van der Waals surface area contributed by atoms with E-state index in [1.54, 1.807) is 29.4 Å². The lowest BCUT2D eigenvalue weighted by Crippen LogP contribution is -2.35. The molecule has 0 fully saturated rings. The number of nitrogens with zero attached hydrogens (tertiary/aromatic N) is 3. The minimum Gasteiger partial charge on any atom is -0.347 e. The van der Waals surface area contributed by atoms with Crippen molar-refractivity contribution in [3.63, 3.8) is 0 Å². The molecule has 0 radical (unpaired) electrons. The lowest BCUT2D eigenvalue weighted by atomic mass is 10.0. The number of hydrogen-bond donors (Lipinski definition) is 0. The normalized spacial score (nSPS) is 11.1. The molecule has 0 N–H and O–H groups in total. The van der Waals surface area contributed by atoms with Gasteiger partial charge in [-0.25, -0.2) is 0 Å². The molecule has 31 heavy (non-hydrogen) atoms. The zero-order valence-electron chi connectivity index (χ0n) is 18.8. The summed E-state index contributed by atoms with van der Waals surface area (Å²) >= 11 is 1.61. The van der Waals surface area contributed by atoms with Crippen molar-refractivity contribution >= 4 is 17.2 Å². The van der Waals surface area contributed by atoms with Crippen molar-refractivity contribution in [3.05, 3.63) is 91.5 Å². The number of rotatable bonds is 9. The third kappa shape index (κ3) is 5.93. The molecule has 6 heteroatoms. The molecule has 2 aromatic heterocycles. The minimum absolute atomic E-state index is 0.191. The van der Waals surface area contributed by atoms with E-state index in [1.165, 1.54) is 5.56 Å². The summed E-state index contributed by atoms with van der Waals surface area (Å²) in [6.07, 6.45) is 1.42. The van der Waals surface area contributed by atoms with Crippen LogP contribution in [-0.2, 0) is 25.9 Å². The molecule has 0 bridgehead atoms. The third-order valence-electron chi connectivity index (χ3n) is 5.45. The number of carbonyl (C=O) groups excluding carboxylic acids is 1. The van der Waals surface area contributed by atoms with Gasteiger partial charge in [0.25, 0.3) is 5.91 Å². The molecule has 0 saturated carbocycles. The van der Waals surface area contributed by atoms with Gasteiger partial charge in [0, 0.05) is 44.1 Å². The van der Waals surface area contributed by atoms with E-state index in [9.17, 15) is 9.59 Å². The fourth-order valence-corrected chi connectivity index (χ4v) is 4.42. The zero-order chi connectivity index (χ0) is 22.4. The summed E-state index contributed by atoms with van der Waals surface area (Å²) in [7, 11) is 5.83. The summed E-state index contributed by atoms with van der Waals surface area (Å²) in [5.74, 6) is -0.210. The average molecular weight is 438 g/mol. The molecule has 3 aromatic rings. The summed E-state index contributed by atoms with van der Waals surface area (Å²) in [6.45, 7) is 4.01. The van der Waals surface area contributed by atoms with Crippen LogP contribution in [0.2, 0.25) is 0 Å². The SMILES string of the molecule is Cc1cc(=O)c(C(=O)N(C)Cc2ccsc2)c(CCc2ccccc2)n1CCN(C)C. The van der Waals surface area contributed by atoms with Crippen LogP contribution < -0.4 is 5.43 Å². The molecule has 0 aliphatic rings. The van der Waals surface area contributed by atoms with Gasteiger partial charge in [0.05, 0.1) is 0 Å². The maximum Gasteiger partial charge on any atom is 0.259 e. The number of hydrogen-bond acceptors (Lipinski definition) is 4. The van der Waals surface area contributed by atoms with Crippen molar-refractivity contribution in [2.45, 2.75) is 32.9 Å². The Hall–Kier alpha value is -2.70. The Morgan fingerprint density at radius 1 is 1.03 bits per heavy atom. The highest BCUT2D eigenvalue weighted by atomic mass is 32.1. The molecule has 0 saturated heterocycles. The molecule has 0 aliphatic heterocycles. The standard InChI is InChI=1S/C25H31N3O2S/c1-19-16-23(29)24(25(30)27(4)17-21-12-15-31-18-21)22(28(19)14-13-26(2)3)11-10-20-8-6-5-7-9-20/h5-9,12,15-16,18H,10-11,13-14,17H2,1-4H3. The van der Waals surface area contributed by atoms with Crippen molar-refractivity contribution in [3.8, 4) is 0 Å². The van der Waals surface area contributed by atoms with Crippen LogP contribution in [0.5, 0.6) is 0 Å². The van der Waals surface area contributed by atoms with Crippen LogP contribution >= 0.6 is 11.3 Å². The van der Waals surface area contributed by atoms with Gasteiger partial charge in [-0.2, -0.15) is 11.3 Å². The quantitative estimate of drug-likeness (QED) is 0.511. The summed E-state index contributed by atoms with van der Waals surface area (Å²) in [5, 5.41) is 4.03. The second kappa shape index (κ2) is 10.6. The van der Waals surface area contributed by atoms with Gasteiger partial charge in [0.15, 0.2) is 5.43 Å². The fourth-order valence-electron chi connectivity index (χ4n) is 3.76. The number of pyridine rings is 1. The second-order valence-corrected chi connectivity index (χ2v) is 8.99. The predicted molar refractivity (Wildman–Crippen MR) is 128 cm³/mol. The molecule has 0 aliphatic carbocycles. The Bertz CT molecular complexity index is 1060. The molecule has 164 valence electrons. The molecule has 3 rings (SSSR count). The average Bonchev–Trinajstić information content (AvgIpc) is 3.24. The molecule has 1 amide bonds. The number of benzene rings is 1. The van der Waals surface area contributed by atoms with Gasteiger partial charge >= 0.3 is 0 Å². The van der Waals surface area contributed by atoms with Gasteiger partial charge in [0.2, 0.25) is 0 Å². The summed E-state index contributed by atoms with van der Waals surface area (Å²) in [5.41, 5.74) is 4.11. The van der Waals surface area contributed by atoms with Crippen LogP contribution in [0.3, 0.4) is 0 Å². The highest BCUT2D eigenvalue weighted by Crippen LogP contribution is 2.17. The van der Waals surface area contributed by atoms with Gasteiger partial charge in [-0.05, 0) is 61.8 Å². The third-order valence-corrected chi connectivity index (χ3v) is 6.18. The first kappa shape index (κ1) is 23.0. The molecular formula is C25H31N3O2S. The Balaban J connectivity index is 1.99. The highest BCUT2D eigenvalue weighted by molar-refractivity contribution is 7.07. The van der Waals surface area contributed by atoms with E-state index >= 15 is 0 Å². The number of likely N-dealkylation sites (N-methyl/N-ethyl adjacent to an activating group) is 1. The number of amides is 1. The van der Waals surface area contributed by atoms with E-state index in [0.717, 1.165) is 36.5 Å². The van der Waals surface area contributed by atoms with Crippen molar-refractivity contribution in [2.24, 2.45) is 0 Å². The van der Waals surface area contributed by atoms with E-state index in [-0.39, 0.29) is 11.3 Å². The Morgan fingerprint density at radius 3 is 2.42 bits per heavy atom. The summed E-state index contributed by atoms with van der Waals surface area (Å²) in [6, 6.07) is 13.8. The maximum absolute atomic E-state index is 13.4. The van der Waals surface area contributed by atoms with E-state index in [0.29, 0.717) is 18.5 Å². The first-order valence-electron chi connectivity index (χ1n) is 10.6. The van der Waals surface area contributed by atoms with Gasteiger partial charge in [-0.15, -0.1) is 0 Å². The zero-order valence-corrected chi connectivity index (χ0v) is 19.6. The molecular weight excluding hydrogens is 406 g/mol. The lowest BCUT2D eigenvalue weighted by molar-refractivity contribution is 0.0781. The van der Waals surface area contributed by atoms with E-state index in [4.69, 9.17) is 0 Å². The van der Waals surface area contributed by atoms with Crippen LogP contribution in [0.25, 0.3) is 0 Å². The first-order chi connectivity index (χ1) is 14.9. The molecule has 0 atom stereocenters. The van der Waals surface area contributed by atoms with Crippen LogP contribution in [0, 0.1) is 6.92 Å². The van der Waals surface area contributed by atoms with Crippen molar-refractivity contribution in [2.75, 3.05) is 27.7 Å². The number of aromatic nitrogens is 1. The minimum atomic E-state index is -0.210. The van der Waals surface area contributed by atoms with E-state index in [2.05, 4.69) is 21.6 Å². The Labute approximate surface area is 188 Å². The van der Waals surface area contributed by atoms with Gasteiger partial charge in [0.1, 0.15) is 5.56 Å². The number of thiophene rings is 1. The smallest absolute Gasteiger partial charge is 0.259 e. The van der Waals surface area contributed by atoms with E-state index in [1.807, 2.05) is 56.0 Å². The summed E-state index contributed by atoms with van der Waals surface area (Å²) < 4.78 is 2.15. The monoisotopic (exact) mass is 437 g/mol. The lowest BCUT2D eigenvalue weighted by Gasteiger charge is -2.24. The summed E-state index contributed by atoms with van der Waals surface area (Å²) in [4.78, 5) is 30.2. The van der Waals surface area contributed by atoms with Crippen molar-refractivity contribution in [1.29, 1.82) is 0 Å². The van der Waals surface area contributed by atoms with Crippen LogP contribution in [0.4, 0.5) is 0 Å². The van der Waals surface area contributed by atoms with Crippen LogP contribution in [0.15, 0.2) is 58.0 Å². The molecule has 2 heterocycles. The van der Waals surface area contributed by atoms with Crippen LogP contribution in [0.1, 0.15) is 32.9 Å². The largest absolute Gasteiger partial charge is 0.347 e. The number of aryl methyl sites for hydroxylation is 2. The molecule has 0 spiro atoms. The van der Waals surface area contributed by atoms with Gasteiger partial charge in [-0.1, -0.05) is 30.3 Å².